The Hall–Kier alpha value is 0.140. The van der Waals surface area contributed by atoms with Gasteiger partial charge < -0.3 is 5.11 Å². The van der Waals surface area contributed by atoms with Crippen molar-refractivity contribution >= 4 is 27.3 Å². The van der Waals surface area contributed by atoms with Gasteiger partial charge in [0.2, 0.25) is 0 Å². The fourth-order valence-corrected chi connectivity index (χ4v) is 4.73. The maximum absolute atomic E-state index is 10.9. The van der Waals surface area contributed by atoms with E-state index in [1.54, 1.807) is 11.3 Å². The Balaban J connectivity index is 2.09. The molecule has 1 nitrogen and oxygen atoms in total. The molecule has 0 aliphatic heterocycles. The van der Waals surface area contributed by atoms with Gasteiger partial charge in [0.15, 0.2) is 0 Å². The summed E-state index contributed by atoms with van der Waals surface area (Å²) >= 11 is 5.23. The van der Waals surface area contributed by atoms with Crippen LogP contribution in [0.1, 0.15) is 57.4 Å². The SMILES string of the molecule is CCCC1CCCC(O)(c2cscc2Br)CC1. The minimum Gasteiger partial charge on any atom is -0.385 e. The molecular formula is C14H21BrOS. The van der Waals surface area contributed by atoms with Crippen molar-refractivity contribution in [2.75, 3.05) is 0 Å². The van der Waals surface area contributed by atoms with Gasteiger partial charge in [-0.1, -0.05) is 26.2 Å². The molecule has 1 N–H and O–H groups in total. The third-order valence-corrected chi connectivity index (χ3v) is 5.68. The van der Waals surface area contributed by atoms with E-state index in [1.165, 1.54) is 25.7 Å². The van der Waals surface area contributed by atoms with Gasteiger partial charge in [-0.05, 0) is 52.9 Å². The van der Waals surface area contributed by atoms with Gasteiger partial charge >= 0.3 is 0 Å². The Morgan fingerprint density at radius 1 is 1.41 bits per heavy atom. The van der Waals surface area contributed by atoms with E-state index in [9.17, 15) is 5.11 Å². The predicted molar refractivity (Wildman–Crippen MR) is 77.4 cm³/mol. The Morgan fingerprint density at radius 2 is 2.24 bits per heavy atom. The minimum atomic E-state index is -0.582. The second kappa shape index (κ2) is 5.85. The summed E-state index contributed by atoms with van der Waals surface area (Å²) in [5, 5.41) is 15.0. The number of rotatable bonds is 3. The molecule has 1 aliphatic rings. The summed E-state index contributed by atoms with van der Waals surface area (Å²) < 4.78 is 1.08. The lowest BCUT2D eigenvalue weighted by atomic mass is 9.87. The van der Waals surface area contributed by atoms with Crippen molar-refractivity contribution in [3.05, 3.63) is 20.8 Å². The lowest BCUT2D eigenvalue weighted by Gasteiger charge is -2.26. The monoisotopic (exact) mass is 316 g/mol. The lowest BCUT2D eigenvalue weighted by Crippen LogP contribution is -2.24. The Morgan fingerprint density at radius 3 is 2.88 bits per heavy atom. The molecule has 0 bridgehead atoms. The van der Waals surface area contributed by atoms with E-state index < -0.39 is 5.60 Å². The molecule has 1 heterocycles. The van der Waals surface area contributed by atoms with Crippen molar-refractivity contribution in [2.45, 2.75) is 57.5 Å². The molecule has 0 spiro atoms. The molecule has 2 unspecified atom stereocenters. The lowest BCUT2D eigenvalue weighted by molar-refractivity contribution is 0.0193. The van der Waals surface area contributed by atoms with Crippen LogP contribution in [0.3, 0.4) is 0 Å². The van der Waals surface area contributed by atoms with Crippen LogP contribution in [0.2, 0.25) is 0 Å². The van der Waals surface area contributed by atoms with Crippen LogP contribution in [0, 0.1) is 5.92 Å². The minimum absolute atomic E-state index is 0.582. The fourth-order valence-electron chi connectivity index (χ4n) is 2.98. The van der Waals surface area contributed by atoms with E-state index in [-0.39, 0.29) is 0 Å². The molecular weight excluding hydrogens is 296 g/mol. The molecule has 1 fully saturated rings. The summed E-state index contributed by atoms with van der Waals surface area (Å²) in [7, 11) is 0. The zero-order chi connectivity index (χ0) is 12.3. The molecule has 2 atom stereocenters. The smallest absolute Gasteiger partial charge is 0.0915 e. The molecule has 0 aromatic carbocycles. The van der Waals surface area contributed by atoms with Gasteiger partial charge in [-0.25, -0.2) is 0 Å². The van der Waals surface area contributed by atoms with E-state index in [4.69, 9.17) is 0 Å². The Kier molecular flexibility index (Phi) is 4.67. The first-order valence-corrected chi connectivity index (χ1v) is 8.34. The molecule has 96 valence electrons. The van der Waals surface area contributed by atoms with Gasteiger partial charge in [0.1, 0.15) is 0 Å². The third-order valence-electron chi connectivity index (χ3n) is 3.98. The fraction of sp³-hybridized carbons (Fsp3) is 0.714. The molecule has 1 aromatic rings. The molecule has 0 radical (unpaired) electrons. The van der Waals surface area contributed by atoms with Crippen LogP contribution in [-0.4, -0.2) is 5.11 Å². The summed E-state index contributed by atoms with van der Waals surface area (Å²) in [6.07, 6.45) is 8.05. The quantitative estimate of drug-likeness (QED) is 0.771. The van der Waals surface area contributed by atoms with Gasteiger partial charge in [-0.2, -0.15) is 11.3 Å². The summed E-state index contributed by atoms with van der Waals surface area (Å²) in [5.74, 6) is 0.825. The van der Waals surface area contributed by atoms with Crippen LogP contribution >= 0.6 is 27.3 Å². The molecule has 1 aromatic heterocycles. The van der Waals surface area contributed by atoms with E-state index in [2.05, 4.69) is 33.6 Å². The highest BCUT2D eigenvalue weighted by atomic mass is 79.9. The highest BCUT2D eigenvalue weighted by Crippen LogP contribution is 2.42. The largest absolute Gasteiger partial charge is 0.385 e. The van der Waals surface area contributed by atoms with Crippen molar-refractivity contribution in [1.29, 1.82) is 0 Å². The van der Waals surface area contributed by atoms with Crippen molar-refractivity contribution in [2.24, 2.45) is 5.92 Å². The van der Waals surface area contributed by atoms with E-state index >= 15 is 0 Å². The van der Waals surface area contributed by atoms with Crippen LogP contribution in [-0.2, 0) is 5.60 Å². The van der Waals surface area contributed by atoms with Crippen LogP contribution < -0.4 is 0 Å². The number of halogens is 1. The van der Waals surface area contributed by atoms with Crippen molar-refractivity contribution in [3.8, 4) is 0 Å². The third kappa shape index (κ3) is 3.12. The summed E-state index contributed by atoms with van der Waals surface area (Å²) in [5.41, 5.74) is 0.529. The van der Waals surface area contributed by atoms with E-state index in [0.717, 1.165) is 35.2 Å². The van der Waals surface area contributed by atoms with Crippen LogP contribution in [0.4, 0.5) is 0 Å². The molecule has 3 heteroatoms. The molecule has 1 saturated carbocycles. The van der Waals surface area contributed by atoms with Crippen molar-refractivity contribution in [1.82, 2.24) is 0 Å². The number of aliphatic hydroxyl groups is 1. The molecule has 0 amide bonds. The second-order valence-corrected chi connectivity index (χ2v) is 6.85. The maximum atomic E-state index is 10.9. The van der Waals surface area contributed by atoms with Gasteiger partial charge in [0.25, 0.3) is 0 Å². The van der Waals surface area contributed by atoms with E-state index in [1.807, 2.05) is 0 Å². The average molecular weight is 317 g/mol. The number of hydrogen-bond acceptors (Lipinski definition) is 2. The average Bonchev–Trinajstić information content (AvgIpc) is 2.64. The van der Waals surface area contributed by atoms with Gasteiger partial charge in [-0.15, -0.1) is 0 Å². The van der Waals surface area contributed by atoms with Gasteiger partial charge in [0.05, 0.1) is 5.60 Å². The maximum Gasteiger partial charge on any atom is 0.0915 e. The topological polar surface area (TPSA) is 20.2 Å². The highest BCUT2D eigenvalue weighted by molar-refractivity contribution is 9.10. The molecule has 17 heavy (non-hydrogen) atoms. The van der Waals surface area contributed by atoms with E-state index in [0.29, 0.717) is 0 Å². The first-order chi connectivity index (χ1) is 8.15. The standard InChI is InChI=1S/C14H21BrOS/c1-2-4-11-5-3-7-14(16,8-6-11)12-9-17-10-13(12)15/h9-11,16H,2-8H2,1H3. The number of thiophene rings is 1. The first-order valence-electron chi connectivity index (χ1n) is 6.60. The van der Waals surface area contributed by atoms with Gasteiger partial charge in [-0.3, -0.25) is 0 Å². The highest BCUT2D eigenvalue weighted by Gasteiger charge is 2.34. The zero-order valence-electron chi connectivity index (χ0n) is 10.4. The molecule has 0 saturated heterocycles. The summed E-state index contributed by atoms with van der Waals surface area (Å²) in [6, 6.07) is 0. The van der Waals surface area contributed by atoms with Crippen molar-refractivity contribution < 1.29 is 5.11 Å². The molecule has 1 aliphatic carbocycles. The zero-order valence-corrected chi connectivity index (χ0v) is 12.8. The van der Waals surface area contributed by atoms with Crippen LogP contribution in [0.25, 0.3) is 0 Å². The predicted octanol–water partition coefficient (Wildman–Crippen LogP) is 5.08. The summed E-state index contributed by atoms with van der Waals surface area (Å²) in [4.78, 5) is 0. The Labute approximate surface area is 116 Å². The van der Waals surface area contributed by atoms with Crippen LogP contribution in [0.5, 0.6) is 0 Å². The van der Waals surface area contributed by atoms with Gasteiger partial charge in [0, 0.05) is 15.4 Å². The first kappa shape index (κ1) is 13.6. The normalized spacial score (nSPS) is 30.2. The van der Waals surface area contributed by atoms with Crippen LogP contribution in [0.15, 0.2) is 15.2 Å². The second-order valence-electron chi connectivity index (χ2n) is 5.25. The van der Waals surface area contributed by atoms with Crippen molar-refractivity contribution in [3.63, 3.8) is 0 Å². The summed E-state index contributed by atoms with van der Waals surface area (Å²) in [6.45, 7) is 2.26. The molecule has 2 rings (SSSR count). The Bertz CT molecular complexity index is 363. The number of hydrogen-bond donors (Lipinski definition) is 1.